The summed E-state index contributed by atoms with van der Waals surface area (Å²) in [5, 5.41) is 22.8. The maximum atomic E-state index is 13.4. The molecule has 21 heavy (non-hydrogen) atoms. The standard InChI is InChI=1S/C13H16BrFN2O4/c1-13(2,3)11(6-12(18)19)16-9-4-7(14)8(15)5-10(9)17(20)21/h4-5,11,16H,6H2,1-3H3,(H,18,19). The Morgan fingerprint density at radius 3 is 2.52 bits per heavy atom. The van der Waals surface area contributed by atoms with Gasteiger partial charge in [0.25, 0.3) is 5.69 Å². The van der Waals surface area contributed by atoms with Crippen molar-refractivity contribution < 1.29 is 19.2 Å². The number of aliphatic carboxylic acids is 1. The summed E-state index contributed by atoms with van der Waals surface area (Å²) in [5.41, 5.74) is -0.808. The Hall–Kier alpha value is -1.70. The fraction of sp³-hybridized carbons (Fsp3) is 0.462. The molecule has 116 valence electrons. The number of carbonyl (C=O) groups is 1. The third kappa shape index (κ3) is 4.66. The number of carboxylic acid groups (broad SMARTS) is 1. The van der Waals surface area contributed by atoms with E-state index in [1.54, 1.807) is 0 Å². The predicted octanol–water partition coefficient (Wildman–Crippen LogP) is 3.80. The highest BCUT2D eigenvalue weighted by molar-refractivity contribution is 9.10. The van der Waals surface area contributed by atoms with Crippen molar-refractivity contribution in [2.45, 2.75) is 33.2 Å². The van der Waals surface area contributed by atoms with Crippen molar-refractivity contribution in [3.05, 3.63) is 32.5 Å². The van der Waals surface area contributed by atoms with Crippen LogP contribution in [0.4, 0.5) is 15.8 Å². The van der Waals surface area contributed by atoms with Gasteiger partial charge in [0.1, 0.15) is 11.5 Å². The summed E-state index contributed by atoms with van der Waals surface area (Å²) in [6.07, 6.45) is -0.213. The maximum absolute atomic E-state index is 13.4. The van der Waals surface area contributed by atoms with E-state index < -0.39 is 33.9 Å². The third-order valence-electron chi connectivity index (χ3n) is 2.99. The number of rotatable bonds is 5. The molecule has 0 aromatic heterocycles. The molecule has 0 bridgehead atoms. The molecule has 1 aromatic rings. The Labute approximate surface area is 129 Å². The van der Waals surface area contributed by atoms with Gasteiger partial charge in [-0.15, -0.1) is 0 Å². The molecule has 0 amide bonds. The maximum Gasteiger partial charge on any atom is 0.305 e. The number of hydrogen-bond acceptors (Lipinski definition) is 4. The Bertz CT molecular complexity index is 572. The minimum Gasteiger partial charge on any atom is -0.481 e. The van der Waals surface area contributed by atoms with Gasteiger partial charge in [0.2, 0.25) is 0 Å². The van der Waals surface area contributed by atoms with Crippen LogP contribution in [-0.4, -0.2) is 22.0 Å². The number of anilines is 1. The van der Waals surface area contributed by atoms with E-state index in [9.17, 15) is 19.3 Å². The summed E-state index contributed by atoms with van der Waals surface area (Å²) in [6, 6.07) is 1.49. The lowest BCUT2D eigenvalue weighted by Gasteiger charge is -2.31. The van der Waals surface area contributed by atoms with Gasteiger partial charge in [-0.05, 0) is 27.4 Å². The Morgan fingerprint density at radius 1 is 1.52 bits per heavy atom. The molecular formula is C13H16BrFN2O4. The second-order valence-electron chi connectivity index (χ2n) is 5.70. The average molecular weight is 363 g/mol. The van der Waals surface area contributed by atoms with Crippen LogP contribution in [0.25, 0.3) is 0 Å². The third-order valence-corrected chi connectivity index (χ3v) is 3.60. The molecule has 0 heterocycles. The molecule has 0 aliphatic rings. The second-order valence-corrected chi connectivity index (χ2v) is 6.56. The molecule has 2 N–H and O–H groups in total. The van der Waals surface area contributed by atoms with E-state index in [-0.39, 0.29) is 16.6 Å². The molecule has 0 saturated heterocycles. The van der Waals surface area contributed by atoms with Gasteiger partial charge < -0.3 is 10.4 Å². The molecular weight excluding hydrogens is 347 g/mol. The van der Waals surface area contributed by atoms with E-state index in [4.69, 9.17) is 5.11 Å². The van der Waals surface area contributed by atoms with Gasteiger partial charge in [-0.3, -0.25) is 14.9 Å². The van der Waals surface area contributed by atoms with Crippen LogP contribution in [0.2, 0.25) is 0 Å². The fourth-order valence-corrected chi connectivity index (χ4v) is 2.08. The molecule has 1 rings (SSSR count). The normalized spacial score (nSPS) is 12.8. The zero-order valence-corrected chi connectivity index (χ0v) is 13.4. The smallest absolute Gasteiger partial charge is 0.305 e. The number of nitro benzene ring substituents is 1. The van der Waals surface area contributed by atoms with E-state index in [0.29, 0.717) is 0 Å². The summed E-state index contributed by atoms with van der Waals surface area (Å²) >= 11 is 2.97. The molecule has 0 fully saturated rings. The van der Waals surface area contributed by atoms with Crippen LogP contribution < -0.4 is 5.32 Å². The molecule has 6 nitrogen and oxygen atoms in total. The van der Waals surface area contributed by atoms with Gasteiger partial charge in [0.15, 0.2) is 0 Å². The van der Waals surface area contributed by atoms with Crippen molar-refractivity contribution in [2.24, 2.45) is 5.41 Å². The van der Waals surface area contributed by atoms with Crippen molar-refractivity contribution in [2.75, 3.05) is 5.32 Å². The molecule has 8 heteroatoms. The molecule has 1 aromatic carbocycles. The number of nitrogens with one attached hydrogen (secondary N) is 1. The van der Waals surface area contributed by atoms with Crippen LogP contribution in [0.1, 0.15) is 27.2 Å². The summed E-state index contributed by atoms with van der Waals surface area (Å²) < 4.78 is 13.5. The number of hydrogen-bond donors (Lipinski definition) is 2. The zero-order valence-electron chi connectivity index (χ0n) is 11.8. The van der Waals surface area contributed by atoms with Gasteiger partial charge in [0.05, 0.1) is 21.9 Å². The lowest BCUT2D eigenvalue weighted by molar-refractivity contribution is -0.384. The van der Waals surface area contributed by atoms with Crippen LogP contribution >= 0.6 is 15.9 Å². The lowest BCUT2D eigenvalue weighted by Crippen LogP contribution is -2.36. The Balaban J connectivity index is 3.22. The van der Waals surface area contributed by atoms with E-state index in [2.05, 4.69) is 21.2 Å². The van der Waals surface area contributed by atoms with Crippen molar-refractivity contribution in [3.8, 4) is 0 Å². The van der Waals surface area contributed by atoms with Gasteiger partial charge in [-0.1, -0.05) is 20.8 Å². The minimum absolute atomic E-state index is 0.0681. The van der Waals surface area contributed by atoms with Gasteiger partial charge in [-0.25, -0.2) is 4.39 Å². The predicted molar refractivity (Wildman–Crippen MR) is 79.9 cm³/mol. The number of carboxylic acids is 1. The number of nitrogens with zero attached hydrogens (tertiary/aromatic N) is 1. The quantitative estimate of drug-likeness (QED) is 0.613. The van der Waals surface area contributed by atoms with Crippen LogP contribution in [-0.2, 0) is 4.79 Å². The van der Waals surface area contributed by atoms with Crippen LogP contribution in [0.3, 0.4) is 0 Å². The largest absolute Gasteiger partial charge is 0.481 e. The van der Waals surface area contributed by atoms with E-state index in [0.717, 1.165) is 6.07 Å². The first-order valence-corrected chi connectivity index (χ1v) is 6.93. The summed E-state index contributed by atoms with van der Waals surface area (Å²) in [7, 11) is 0. The Morgan fingerprint density at radius 2 is 2.10 bits per heavy atom. The van der Waals surface area contributed by atoms with Crippen molar-refractivity contribution in [1.29, 1.82) is 0 Å². The first-order valence-electron chi connectivity index (χ1n) is 6.14. The molecule has 1 atom stereocenters. The van der Waals surface area contributed by atoms with Gasteiger partial charge in [-0.2, -0.15) is 0 Å². The van der Waals surface area contributed by atoms with Crippen LogP contribution in [0, 0.1) is 21.3 Å². The van der Waals surface area contributed by atoms with E-state index in [1.807, 2.05) is 20.8 Å². The van der Waals surface area contributed by atoms with Crippen molar-refractivity contribution in [1.82, 2.24) is 0 Å². The van der Waals surface area contributed by atoms with Crippen molar-refractivity contribution in [3.63, 3.8) is 0 Å². The topological polar surface area (TPSA) is 92.5 Å². The molecule has 0 spiro atoms. The fourth-order valence-electron chi connectivity index (χ4n) is 1.74. The monoisotopic (exact) mass is 362 g/mol. The first-order chi connectivity index (χ1) is 9.52. The summed E-state index contributed by atoms with van der Waals surface area (Å²) in [4.78, 5) is 21.2. The van der Waals surface area contributed by atoms with E-state index >= 15 is 0 Å². The average Bonchev–Trinajstić information content (AvgIpc) is 2.30. The number of halogens is 2. The van der Waals surface area contributed by atoms with Gasteiger partial charge >= 0.3 is 5.97 Å². The highest BCUT2D eigenvalue weighted by Crippen LogP contribution is 2.34. The number of benzene rings is 1. The summed E-state index contributed by atoms with van der Waals surface area (Å²) in [5.74, 6) is -1.77. The SMILES string of the molecule is CC(C)(C)C(CC(=O)O)Nc1cc(Br)c(F)cc1[N+](=O)[O-]. The molecule has 0 saturated carbocycles. The lowest BCUT2D eigenvalue weighted by atomic mass is 9.84. The Kier molecular flexibility index (Phi) is 5.27. The van der Waals surface area contributed by atoms with Gasteiger partial charge in [0, 0.05) is 6.04 Å². The zero-order chi connectivity index (χ0) is 16.4. The minimum atomic E-state index is -1.02. The number of nitro groups is 1. The molecule has 1 unspecified atom stereocenters. The molecule has 0 aliphatic heterocycles. The van der Waals surface area contributed by atoms with Crippen molar-refractivity contribution >= 4 is 33.3 Å². The molecule has 0 radical (unpaired) electrons. The van der Waals surface area contributed by atoms with Crippen LogP contribution in [0.5, 0.6) is 0 Å². The highest BCUT2D eigenvalue weighted by atomic mass is 79.9. The second kappa shape index (κ2) is 6.38. The highest BCUT2D eigenvalue weighted by Gasteiger charge is 2.29. The van der Waals surface area contributed by atoms with Crippen LogP contribution in [0.15, 0.2) is 16.6 Å². The first kappa shape index (κ1) is 17.4. The summed E-state index contributed by atoms with van der Waals surface area (Å²) in [6.45, 7) is 5.45. The molecule has 0 aliphatic carbocycles. The van der Waals surface area contributed by atoms with E-state index in [1.165, 1.54) is 6.07 Å².